The Balaban J connectivity index is 2.15. The van der Waals surface area contributed by atoms with Crippen molar-refractivity contribution in [3.8, 4) is 0 Å². The quantitative estimate of drug-likeness (QED) is 0.135. The lowest BCUT2D eigenvalue weighted by Gasteiger charge is -2.33. The van der Waals surface area contributed by atoms with Crippen LogP contribution in [-0.2, 0) is 0 Å². The standard InChI is InChI=1S/C30H60N2/c1-4-7-10-12-14-16-17-19-21-23-25-30-31(26-9-6-3)28-29-32(30)27-24-22-20-18-15-13-11-8-5-2/h28-30H,4-27H2,1-3H3. The van der Waals surface area contributed by atoms with Crippen LogP contribution in [0.2, 0.25) is 0 Å². The first-order chi connectivity index (χ1) is 15.8. The van der Waals surface area contributed by atoms with Gasteiger partial charge in [-0.3, -0.25) is 0 Å². The fraction of sp³-hybridized carbons (Fsp3) is 0.933. The zero-order chi connectivity index (χ0) is 23.1. The van der Waals surface area contributed by atoms with E-state index in [9.17, 15) is 0 Å². The monoisotopic (exact) mass is 448 g/mol. The maximum absolute atomic E-state index is 2.67. The number of rotatable bonds is 24. The lowest BCUT2D eigenvalue weighted by Crippen LogP contribution is -2.39. The molecule has 0 aromatic carbocycles. The number of unbranched alkanes of at least 4 members (excludes halogenated alkanes) is 18. The van der Waals surface area contributed by atoms with Gasteiger partial charge in [0.2, 0.25) is 0 Å². The molecule has 1 atom stereocenters. The molecule has 0 aliphatic carbocycles. The van der Waals surface area contributed by atoms with Gasteiger partial charge >= 0.3 is 0 Å². The van der Waals surface area contributed by atoms with Gasteiger partial charge in [-0.05, 0) is 25.7 Å². The highest BCUT2D eigenvalue weighted by Gasteiger charge is 2.24. The smallest absolute Gasteiger partial charge is 0.101 e. The van der Waals surface area contributed by atoms with Crippen molar-refractivity contribution in [3.63, 3.8) is 0 Å². The maximum Gasteiger partial charge on any atom is 0.101 e. The van der Waals surface area contributed by atoms with Crippen LogP contribution >= 0.6 is 0 Å². The van der Waals surface area contributed by atoms with Gasteiger partial charge in [-0.1, -0.05) is 136 Å². The molecule has 0 N–H and O–H groups in total. The van der Waals surface area contributed by atoms with Crippen LogP contribution in [0.25, 0.3) is 0 Å². The Labute approximate surface area is 203 Å². The van der Waals surface area contributed by atoms with Gasteiger partial charge in [0.1, 0.15) is 6.17 Å². The molecule has 0 spiro atoms. The van der Waals surface area contributed by atoms with Crippen molar-refractivity contribution < 1.29 is 0 Å². The summed E-state index contributed by atoms with van der Waals surface area (Å²) in [5.74, 6) is 0. The van der Waals surface area contributed by atoms with Gasteiger partial charge < -0.3 is 9.80 Å². The first-order valence-corrected chi connectivity index (χ1v) is 15.0. The summed E-state index contributed by atoms with van der Waals surface area (Å²) in [5, 5.41) is 0. The van der Waals surface area contributed by atoms with Crippen molar-refractivity contribution >= 4 is 0 Å². The molecule has 1 rings (SSSR count). The molecule has 1 aliphatic heterocycles. The summed E-state index contributed by atoms with van der Waals surface area (Å²) >= 11 is 0. The van der Waals surface area contributed by atoms with Gasteiger partial charge in [0.25, 0.3) is 0 Å². The van der Waals surface area contributed by atoms with Crippen LogP contribution in [0.3, 0.4) is 0 Å². The summed E-state index contributed by atoms with van der Waals surface area (Å²) in [6, 6.07) is 0. The fourth-order valence-corrected chi connectivity index (χ4v) is 5.10. The average Bonchev–Trinajstić information content (AvgIpc) is 3.19. The van der Waals surface area contributed by atoms with Crippen LogP contribution in [0.5, 0.6) is 0 Å². The maximum atomic E-state index is 2.67. The predicted octanol–water partition coefficient (Wildman–Crippen LogP) is 10.0. The Bertz CT molecular complexity index is 406. The summed E-state index contributed by atoms with van der Waals surface area (Å²) in [6.07, 6.45) is 36.6. The molecule has 2 nitrogen and oxygen atoms in total. The molecule has 32 heavy (non-hydrogen) atoms. The van der Waals surface area contributed by atoms with E-state index >= 15 is 0 Å². The largest absolute Gasteiger partial charge is 0.356 e. The fourth-order valence-electron chi connectivity index (χ4n) is 5.10. The van der Waals surface area contributed by atoms with Gasteiger partial charge in [-0.25, -0.2) is 0 Å². The summed E-state index contributed by atoms with van der Waals surface area (Å²) in [7, 11) is 0. The van der Waals surface area contributed by atoms with Crippen LogP contribution in [0.4, 0.5) is 0 Å². The second-order valence-corrected chi connectivity index (χ2v) is 10.4. The SMILES string of the molecule is CCCCCCCCCCCCC1N(CCCC)C=CN1CCCCCCCCCCC. The van der Waals surface area contributed by atoms with Gasteiger partial charge in [0, 0.05) is 25.5 Å². The summed E-state index contributed by atoms with van der Waals surface area (Å²) < 4.78 is 0. The van der Waals surface area contributed by atoms with E-state index in [1.54, 1.807) is 0 Å². The second kappa shape index (κ2) is 22.1. The van der Waals surface area contributed by atoms with Crippen molar-refractivity contribution in [2.45, 2.75) is 168 Å². The van der Waals surface area contributed by atoms with E-state index in [2.05, 4.69) is 43.0 Å². The summed E-state index contributed by atoms with van der Waals surface area (Å²) in [5.41, 5.74) is 0. The molecular formula is C30H60N2. The molecule has 0 fully saturated rings. The van der Waals surface area contributed by atoms with E-state index in [1.807, 2.05) is 0 Å². The number of nitrogens with zero attached hydrogens (tertiary/aromatic N) is 2. The van der Waals surface area contributed by atoms with Crippen molar-refractivity contribution in [2.24, 2.45) is 0 Å². The highest BCUT2D eigenvalue weighted by Crippen LogP contribution is 2.23. The van der Waals surface area contributed by atoms with E-state index in [-0.39, 0.29) is 0 Å². The molecule has 190 valence electrons. The van der Waals surface area contributed by atoms with Crippen LogP contribution in [0.15, 0.2) is 12.4 Å². The average molecular weight is 449 g/mol. The molecular weight excluding hydrogens is 388 g/mol. The molecule has 2 heteroatoms. The Morgan fingerprint density at radius 3 is 1.19 bits per heavy atom. The minimum atomic E-state index is 0.643. The molecule has 0 amide bonds. The third kappa shape index (κ3) is 15.2. The van der Waals surface area contributed by atoms with E-state index in [4.69, 9.17) is 0 Å². The minimum absolute atomic E-state index is 0.643. The van der Waals surface area contributed by atoms with E-state index < -0.39 is 0 Å². The van der Waals surface area contributed by atoms with Gasteiger partial charge in [-0.2, -0.15) is 0 Å². The van der Waals surface area contributed by atoms with Crippen molar-refractivity contribution in [1.82, 2.24) is 9.80 Å². The van der Waals surface area contributed by atoms with Crippen LogP contribution < -0.4 is 0 Å². The highest BCUT2D eigenvalue weighted by molar-refractivity contribution is 4.96. The van der Waals surface area contributed by atoms with Crippen LogP contribution in [0, 0.1) is 0 Å². The normalized spacial score (nSPS) is 15.9. The lowest BCUT2D eigenvalue weighted by atomic mass is 10.0. The molecule has 0 saturated heterocycles. The molecule has 0 saturated carbocycles. The van der Waals surface area contributed by atoms with Crippen molar-refractivity contribution in [1.29, 1.82) is 0 Å². The zero-order valence-corrected chi connectivity index (χ0v) is 22.6. The van der Waals surface area contributed by atoms with Gasteiger partial charge in [0.05, 0.1) is 0 Å². The molecule has 1 unspecified atom stereocenters. The van der Waals surface area contributed by atoms with E-state index in [1.165, 1.54) is 154 Å². The number of hydrogen-bond acceptors (Lipinski definition) is 2. The van der Waals surface area contributed by atoms with Crippen LogP contribution in [-0.4, -0.2) is 29.1 Å². The minimum Gasteiger partial charge on any atom is -0.356 e. The van der Waals surface area contributed by atoms with Gasteiger partial charge in [0.15, 0.2) is 0 Å². The zero-order valence-electron chi connectivity index (χ0n) is 22.6. The number of hydrogen-bond donors (Lipinski definition) is 0. The third-order valence-corrected chi connectivity index (χ3v) is 7.32. The van der Waals surface area contributed by atoms with Gasteiger partial charge in [-0.15, -0.1) is 0 Å². The first kappa shape index (κ1) is 29.4. The van der Waals surface area contributed by atoms with Crippen molar-refractivity contribution in [3.05, 3.63) is 12.4 Å². The highest BCUT2D eigenvalue weighted by atomic mass is 15.4. The molecule has 0 aromatic heterocycles. The lowest BCUT2D eigenvalue weighted by molar-refractivity contribution is 0.136. The molecule has 0 aromatic rings. The molecule has 1 aliphatic rings. The second-order valence-electron chi connectivity index (χ2n) is 10.4. The Morgan fingerprint density at radius 2 is 0.750 bits per heavy atom. The Morgan fingerprint density at radius 1 is 0.406 bits per heavy atom. The van der Waals surface area contributed by atoms with Crippen molar-refractivity contribution in [2.75, 3.05) is 13.1 Å². The first-order valence-electron chi connectivity index (χ1n) is 15.0. The predicted molar refractivity (Wildman–Crippen MR) is 145 cm³/mol. The summed E-state index contributed by atoms with van der Waals surface area (Å²) in [4.78, 5) is 5.32. The molecule has 1 heterocycles. The van der Waals surface area contributed by atoms with E-state index in [0.29, 0.717) is 6.17 Å². The van der Waals surface area contributed by atoms with Crippen LogP contribution in [0.1, 0.15) is 162 Å². The topological polar surface area (TPSA) is 6.48 Å². The molecule has 0 radical (unpaired) electrons. The Kier molecular flexibility index (Phi) is 20.3. The third-order valence-electron chi connectivity index (χ3n) is 7.32. The summed E-state index contributed by atoms with van der Waals surface area (Å²) in [6.45, 7) is 9.43. The molecule has 0 bridgehead atoms. The van der Waals surface area contributed by atoms with E-state index in [0.717, 1.165) is 0 Å². The Hall–Kier alpha value is -0.660.